The van der Waals surface area contributed by atoms with Crippen LogP contribution in [0.5, 0.6) is 0 Å². The van der Waals surface area contributed by atoms with E-state index in [1.165, 1.54) is 37.2 Å². The highest BCUT2D eigenvalue weighted by Crippen LogP contribution is 2.41. The van der Waals surface area contributed by atoms with Crippen LogP contribution in [-0.4, -0.2) is 16.1 Å². The van der Waals surface area contributed by atoms with Crippen LogP contribution in [0, 0.1) is 0 Å². The SMILES string of the molecule is NCCC1CCCn2cc(C3CC3)nc21. The van der Waals surface area contributed by atoms with Gasteiger partial charge in [0.2, 0.25) is 0 Å². The number of nitrogens with two attached hydrogens (primary N) is 1. The molecular weight excluding hydrogens is 186 g/mol. The number of imidazole rings is 1. The summed E-state index contributed by atoms with van der Waals surface area (Å²) in [6, 6.07) is 0. The number of aromatic nitrogens is 2. The van der Waals surface area contributed by atoms with Crippen LogP contribution >= 0.6 is 0 Å². The summed E-state index contributed by atoms with van der Waals surface area (Å²) < 4.78 is 2.37. The summed E-state index contributed by atoms with van der Waals surface area (Å²) in [5, 5.41) is 0. The number of rotatable bonds is 3. The molecule has 1 aliphatic heterocycles. The lowest BCUT2D eigenvalue weighted by Gasteiger charge is -2.22. The van der Waals surface area contributed by atoms with Crippen molar-refractivity contribution in [3.8, 4) is 0 Å². The molecule has 1 aliphatic carbocycles. The van der Waals surface area contributed by atoms with Gasteiger partial charge in [0.1, 0.15) is 5.82 Å². The largest absolute Gasteiger partial charge is 0.334 e. The topological polar surface area (TPSA) is 43.8 Å². The minimum absolute atomic E-state index is 0.622. The standard InChI is InChI=1S/C12H19N3/c13-6-5-10-2-1-7-15-8-11(9-3-4-9)14-12(10)15/h8-10H,1-7,13H2. The summed E-state index contributed by atoms with van der Waals surface area (Å²) in [4.78, 5) is 4.82. The Morgan fingerprint density at radius 1 is 1.40 bits per heavy atom. The number of hydrogen-bond donors (Lipinski definition) is 1. The van der Waals surface area contributed by atoms with Gasteiger partial charge in [-0.1, -0.05) is 0 Å². The van der Waals surface area contributed by atoms with Crippen molar-refractivity contribution in [1.29, 1.82) is 0 Å². The molecule has 0 amide bonds. The van der Waals surface area contributed by atoms with Crippen LogP contribution in [0.15, 0.2) is 6.20 Å². The lowest BCUT2D eigenvalue weighted by molar-refractivity contribution is 0.428. The van der Waals surface area contributed by atoms with Crippen molar-refractivity contribution in [3.63, 3.8) is 0 Å². The van der Waals surface area contributed by atoms with E-state index in [2.05, 4.69) is 10.8 Å². The van der Waals surface area contributed by atoms with Crippen LogP contribution in [0.2, 0.25) is 0 Å². The Morgan fingerprint density at radius 3 is 3.00 bits per heavy atom. The van der Waals surface area contributed by atoms with E-state index in [-0.39, 0.29) is 0 Å². The maximum atomic E-state index is 5.66. The minimum atomic E-state index is 0.622. The maximum absolute atomic E-state index is 5.66. The second kappa shape index (κ2) is 3.63. The third kappa shape index (κ3) is 1.69. The molecule has 3 nitrogen and oxygen atoms in total. The van der Waals surface area contributed by atoms with Crippen LogP contribution in [0.25, 0.3) is 0 Å². The van der Waals surface area contributed by atoms with E-state index in [1.807, 2.05) is 0 Å². The molecule has 2 aliphatic rings. The summed E-state index contributed by atoms with van der Waals surface area (Å²) in [6.45, 7) is 1.95. The van der Waals surface area contributed by atoms with Gasteiger partial charge in [-0.3, -0.25) is 0 Å². The molecule has 82 valence electrons. The van der Waals surface area contributed by atoms with Crippen molar-refractivity contribution in [1.82, 2.24) is 9.55 Å². The Balaban J connectivity index is 1.88. The van der Waals surface area contributed by atoms with Crippen LogP contribution in [-0.2, 0) is 6.54 Å². The van der Waals surface area contributed by atoms with Gasteiger partial charge in [0.05, 0.1) is 5.69 Å². The molecule has 0 radical (unpaired) electrons. The molecular formula is C12H19N3. The summed E-state index contributed by atoms with van der Waals surface area (Å²) >= 11 is 0. The molecule has 0 bridgehead atoms. The maximum Gasteiger partial charge on any atom is 0.112 e. The predicted molar refractivity (Wildman–Crippen MR) is 59.8 cm³/mol. The number of fused-ring (bicyclic) bond motifs is 1. The molecule has 1 fully saturated rings. The molecule has 0 aromatic carbocycles. The van der Waals surface area contributed by atoms with E-state index in [0.717, 1.165) is 25.4 Å². The first-order valence-electron chi connectivity index (χ1n) is 6.15. The number of hydrogen-bond acceptors (Lipinski definition) is 2. The summed E-state index contributed by atoms with van der Waals surface area (Å²) in [5.41, 5.74) is 7.00. The fourth-order valence-corrected chi connectivity index (χ4v) is 2.64. The highest BCUT2D eigenvalue weighted by molar-refractivity contribution is 5.17. The zero-order chi connectivity index (χ0) is 10.3. The zero-order valence-electron chi connectivity index (χ0n) is 9.15. The monoisotopic (exact) mass is 205 g/mol. The molecule has 0 saturated heterocycles. The van der Waals surface area contributed by atoms with Gasteiger partial charge < -0.3 is 10.3 Å². The lowest BCUT2D eigenvalue weighted by Crippen LogP contribution is -2.18. The first kappa shape index (κ1) is 9.40. The Labute approximate surface area is 90.7 Å². The molecule has 2 heterocycles. The van der Waals surface area contributed by atoms with Crippen molar-refractivity contribution in [2.24, 2.45) is 5.73 Å². The first-order valence-corrected chi connectivity index (χ1v) is 6.15. The molecule has 1 saturated carbocycles. The average Bonchev–Trinajstić information content (AvgIpc) is 2.99. The van der Waals surface area contributed by atoms with Gasteiger partial charge in [-0.25, -0.2) is 4.98 Å². The Bertz CT molecular complexity index is 352. The molecule has 1 aromatic heterocycles. The smallest absolute Gasteiger partial charge is 0.112 e. The first-order chi connectivity index (χ1) is 7.38. The van der Waals surface area contributed by atoms with Gasteiger partial charge in [0.25, 0.3) is 0 Å². The van der Waals surface area contributed by atoms with E-state index in [0.29, 0.717) is 5.92 Å². The lowest BCUT2D eigenvalue weighted by atomic mass is 9.96. The molecule has 1 atom stereocenters. The van der Waals surface area contributed by atoms with Crippen molar-refractivity contribution in [3.05, 3.63) is 17.7 Å². The van der Waals surface area contributed by atoms with Crippen LogP contribution in [0.1, 0.15) is 55.5 Å². The Morgan fingerprint density at radius 2 is 2.27 bits per heavy atom. The van der Waals surface area contributed by atoms with Crippen LogP contribution in [0.4, 0.5) is 0 Å². The minimum Gasteiger partial charge on any atom is -0.334 e. The van der Waals surface area contributed by atoms with E-state index in [1.54, 1.807) is 0 Å². The Kier molecular flexibility index (Phi) is 2.28. The van der Waals surface area contributed by atoms with Gasteiger partial charge in [-0.15, -0.1) is 0 Å². The van der Waals surface area contributed by atoms with Crippen molar-refractivity contribution < 1.29 is 0 Å². The van der Waals surface area contributed by atoms with Crippen molar-refractivity contribution in [2.75, 3.05) is 6.54 Å². The van der Waals surface area contributed by atoms with Crippen LogP contribution in [0.3, 0.4) is 0 Å². The number of nitrogens with zero attached hydrogens (tertiary/aromatic N) is 2. The van der Waals surface area contributed by atoms with E-state index >= 15 is 0 Å². The van der Waals surface area contributed by atoms with Gasteiger partial charge in [-0.05, 0) is 38.6 Å². The molecule has 2 N–H and O–H groups in total. The second-order valence-corrected chi connectivity index (χ2v) is 4.91. The summed E-state index contributed by atoms with van der Waals surface area (Å²) in [6.07, 6.45) is 8.64. The quantitative estimate of drug-likeness (QED) is 0.820. The van der Waals surface area contributed by atoms with Gasteiger partial charge >= 0.3 is 0 Å². The molecule has 15 heavy (non-hydrogen) atoms. The Hall–Kier alpha value is -0.830. The second-order valence-electron chi connectivity index (χ2n) is 4.91. The summed E-state index contributed by atoms with van der Waals surface area (Å²) in [7, 11) is 0. The molecule has 3 rings (SSSR count). The molecule has 3 heteroatoms. The normalized spacial score (nSPS) is 25.3. The fourth-order valence-electron chi connectivity index (χ4n) is 2.64. The van der Waals surface area contributed by atoms with E-state index in [9.17, 15) is 0 Å². The zero-order valence-corrected chi connectivity index (χ0v) is 9.15. The number of aryl methyl sites for hydroxylation is 1. The third-order valence-corrected chi connectivity index (χ3v) is 3.65. The molecule has 0 spiro atoms. The van der Waals surface area contributed by atoms with Gasteiger partial charge in [0, 0.05) is 24.6 Å². The average molecular weight is 205 g/mol. The highest BCUT2D eigenvalue weighted by Gasteiger charge is 2.29. The highest BCUT2D eigenvalue weighted by atomic mass is 15.1. The van der Waals surface area contributed by atoms with Crippen molar-refractivity contribution >= 4 is 0 Å². The molecule has 1 aromatic rings. The van der Waals surface area contributed by atoms with E-state index < -0.39 is 0 Å². The molecule has 1 unspecified atom stereocenters. The summed E-state index contributed by atoms with van der Waals surface area (Å²) in [5.74, 6) is 2.71. The van der Waals surface area contributed by atoms with Crippen molar-refractivity contribution in [2.45, 2.75) is 50.5 Å². The van der Waals surface area contributed by atoms with Gasteiger partial charge in [-0.2, -0.15) is 0 Å². The van der Waals surface area contributed by atoms with E-state index in [4.69, 9.17) is 10.7 Å². The predicted octanol–water partition coefficient (Wildman–Crippen LogP) is 1.99. The van der Waals surface area contributed by atoms with Gasteiger partial charge in [0.15, 0.2) is 0 Å². The fraction of sp³-hybridized carbons (Fsp3) is 0.750. The third-order valence-electron chi connectivity index (χ3n) is 3.65. The van der Waals surface area contributed by atoms with Crippen LogP contribution < -0.4 is 5.73 Å².